The molecular formula is C38H32BBr3N4O5. The topological polar surface area (TPSA) is 162 Å². The van der Waals surface area contributed by atoms with Crippen molar-refractivity contribution >= 4 is 78.2 Å². The lowest BCUT2D eigenvalue weighted by atomic mass is 9.81. The summed E-state index contributed by atoms with van der Waals surface area (Å²) in [6.45, 7) is 0. The van der Waals surface area contributed by atoms with Gasteiger partial charge in [-0.25, -0.2) is 9.97 Å². The Morgan fingerprint density at radius 1 is 0.608 bits per heavy atom. The van der Waals surface area contributed by atoms with Crippen molar-refractivity contribution in [2.24, 2.45) is 0 Å². The summed E-state index contributed by atoms with van der Waals surface area (Å²) >= 11 is 9.78. The van der Waals surface area contributed by atoms with Crippen LogP contribution in [0.3, 0.4) is 0 Å². The largest absolute Gasteiger partial charge is 0.488 e. The molecule has 0 aliphatic heterocycles. The molecule has 0 bridgehead atoms. The van der Waals surface area contributed by atoms with Crippen molar-refractivity contribution in [3.05, 3.63) is 160 Å². The van der Waals surface area contributed by atoms with E-state index < -0.39 is 7.12 Å². The molecule has 6 N–H and O–H groups in total. The van der Waals surface area contributed by atoms with Gasteiger partial charge in [-0.2, -0.15) is 0 Å². The number of hydrogen-bond donors (Lipinski definition) is 4. The molecule has 7 aromatic rings. The molecule has 0 saturated carbocycles. The Hall–Kier alpha value is -4.79. The fraction of sp³-hybridized carbons (Fsp3) is 0.0263. The number of hydrogen-bond acceptors (Lipinski definition) is 9. The Balaban J connectivity index is 0.000000158. The number of benzene rings is 5. The number of anilines is 2. The molecule has 0 amide bonds. The molecule has 0 saturated heterocycles. The molecule has 51 heavy (non-hydrogen) atoms. The molecule has 0 aliphatic carbocycles. The number of aromatic nitrogens is 2. The minimum Gasteiger partial charge on any atom is -0.424 e. The molecule has 0 aliphatic rings. The number of rotatable bonds is 6. The maximum atomic E-state index is 11.1. The van der Waals surface area contributed by atoms with Gasteiger partial charge in [0, 0.05) is 25.6 Å². The Morgan fingerprint density at radius 2 is 1.08 bits per heavy atom. The lowest BCUT2D eigenvalue weighted by Gasteiger charge is -2.03. The Labute approximate surface area is 320 Å². The van der Waals surface area contributed by atoms with Crippen molar-refractivity contribution in [1.82, 2.24) is 9.97 Å². The molecule has 2 heterocycles. The van der Waals surface area contributed by atoms with E-state index in [1.165, 1.54) is 5.56 Å². The molecule has 13 heteroatoms. The van der Waals surface area contributed by atoms with Gasteiger partial charge in [-0.3, -0.25) is 4.79 Å². The fourth-order valence-electron chi connectivity index (χ4n) is 4.33. The van der Waals surface area contributed by atoms with E-state index in [1.807, 2.05) is 78.9 Å². The second-order valence-electron chi connectivity index (χ2n) is 10.4. The van der Waals surface area contributed by atoms with Gasteiger partial charge in [-0.1, -0.05) is 151 Å². The number of nitrogen functional groups attached to an aromatic ring is 2. The lowest BCUT2D eigenvalue weighted by Crippen LogP contribution is -2.29. The standard InChI is InChI=1S/C15H12N2O.C9H7BrN2O.C8H6Br2O.C6H7BO2/c16-15-17-10-14(18-15)13-8-4-7-12(9-13)11-5-2-1-3-6-11;10-7-3-1-2-6(4-7)8-5-12-9(11)13-8;9-5-8(11)6-2-1-3-7(10)4-6;8-7(9)6-4-2-1-3-5-6/h1-10H,(H2,16,17);1-5H,(H2,11,12);1-4H,5H2;1-5,8-9H. The van der Waals surface area contributed by atoms with Crippen molar-refractivity contribution < 1.29 is 23.7 Å². The highest BCUT2D eigenvalue weighted by Gasteiger charge is 2.08. The minimum absolute atomic E-state index is 0.103. The van der Waals surface area contributed by atoms with Crippen molar-refractivity contribution in [3.8, 4) is 33.8 Å². The van der Waals surface area contributed by atoms with E-state index in [9.17, 15) is 4.79 Å². The third-order valence-corrected chi connectivity index (χ3v) is 8.27. The monoisotopic (exact) mass is 872 g/mol. The number of alkyl halides is 1. The summed E-state index contributed by atoms with van der Waals surface area (Å²) in [5.74, 6) is 1.47. The van der Waals surface area contributed by atoms with Crippen LogP contribution < -0.4 is 16.9 Å². The maximum absolute atomic E-state index is 11.1. The van der Waals surface area contributed by atoms with Crippen LogP contribution >= 0.6 is 47.8 Å². The van der Waals surface area contributed by atoms with Crippen LogP contribution in [0.5, 0.6) is 0 Å². The minimum atomic E-state index is -1.34. The normalized spacial score (nSPS) is 9.98. The first-order valence-corrected chi connectivity index (χ1v) is 17.9. The van der Waals surface area contributed by atoms with Crippen LogP contribution in [0.1, 0.15) is 10.4 Å². The van der Waals surface area contributed by atoms with Gasteiger partial charge in [0.1, 0.15) is 0 Å². The molecule has 0 unspecified atom stereocenters. The number of ketones is 1. The van der Waals surface area contributed by atoms with E-state index in [4.69, 9.17) is 30.3 Å². The summed E-state index contributed by atoms with van der Waals surface area (Å²) in [6, 6.07) is 42.5. The van der Waals surface area contributed by atoms with Crippen LogP contribution in [0.25, 0.3) is 33.8 Å². The van der Waals surface area contributed by atoms with E-state index in [0.29, 0.717) is 22.3 Å². The van der Waals surface area contributed by atoms with Gasteiger partial charge in [-0.15, -0.1) is 0 Å². The zero-order valence-corrected chi connectivity index (χ0v) is 31.7. The zero-order chi connectivity index (χ0) is 36.6. The molecule has 7 rings (SSSR count). The van der Waals surface area contributed by atoms with Crippen LogP contribution in [-0.4, -0.2) is 38.2 Å². The summed E-state index contributed by atoms with van der Waals surface area (Å²) < 4.78 is 12.4. The van der Waals surface area contributed by atoms with E-state index in [2.05, 4.69) is 82.0 Å². The summed E-state index contributed by atoms with van der Waals surface area (Å²) in [5, 5.41) is 17.5. The Bertz CT molecular complexity index is 2110. The number of carbonyl (C=O) groups excluding carboxylic acids is 1. The van der Waals surface area contributed by atoms with Crippen LogP contribution in [0.4, 0.5) is 12.0 Å². The summed E-state index contributed by atoms with van der Waals surface area (Å²) in [4.78, 5) is 18.8. The summed E-state index contributed by atoms with van der Waals surface area (Å²) in [5.41, 5.74) is 16.4. The maximum Gasteiger partial charge on any atom is 0.488 e. The highest BCUT2D eigenvalue weighted by Crippen LogP contribution is 2.27. The third-order valence-electron chi connectivity index (χ3n) is 6.78. The summed E-state index contributed by atoms with van der Waals surface area (Å²) in [7, 11) is -1.34. The van der Waals surface area contributed by atoms with Crippen molar-refractivity contribution in [3.63, 3.8) is 0 Å². The van der Waals surface area contributed by atoms with Crippen LogP contribution in [-0.2, 0) is 0 Å². The van der Waals surface area contributed by atoms with Crippen LogP contribution in [0, 0.1) is 0 Å². The van der Waals surface area contributed by atoms with E-state index in [-0.39, 0.29) is 17.8 Å². The van der Waals surface area contributed by atoms with Crippen molar-refractivity contribution in [2.75, 3.05) is 16.8 Å². The first kappa shape index (κ1) is 39.0. The number of halogens is 3. The van der Waals surface area contributed by atoms with E-state index >= 15 is 0 Å². The number of carbonyl (C=O) groups is 1. The molecule has 5 aromatic carbocycles. The first-order chi connectivity index (χ1) is 24.6. The van der Waals surface area contributed by atoms with Gasteiger partial charge >= 0.3 is 7.12 Å². The number of nitrogens with two attached hydrogens (primary N) is 2. The van der Waals surface area contributed by atoms with Gasteiger partial charge in [0.2, 0.25) is 0 Å². The summed E-state index contributed by atoms with van der Waals surface area (Å²) in [6.07, 6.45) is 3.25. The van der Waals surface area contributed by atoms with Crippen LogP contribution in [0.2, 0.25) is 0 Å². The molecule has 258 valence electrons. The predicted molar refractivity (Wildman–Crippen MR) is 214 cm³/mol. The van der Waals surface area contributed by atoms with Gasteiger partial charge < -0.3 is 30.3 Å². The Kier molecular flexibility index (Phi) is 15.4. The average molecular weight is 875 g/mol. The average Bonchev–Trinajstić information content (AvgIpc) is 3.81. The predicted octanol–water partition coefficient (Wildman–Crippen LogP) is 8.67. The highest BCUT2D eigenvalue weighted by atomic mass is 79.9. The molecule has 2 aromatic heterocycles. The number of Topliss-reactive ketones (excluding diaryl/α,β-unsaturated/α-hetero) is 1. The lowest BCUT2D eigenvalue weighted by molar-refractivity contribution is 0.102. The SMILES string of the molecule is Nc1ncc(-c2cccc(-c3ccccc3)c2)o1.Nc1ncc(-c2cccc(Br)c2)o1.O=C(CBr)c1cccc(Br)c1.OB(O)c1ccccc1. The van der Waals surface area contributed by atoms with Gasteiger partial charge in [-0.05, 0) is 46.9 Å². The molecule has 0 spiro atoms. The number of nitrogens with zero attached hydrogens (tertiary/aromatic N) is 2. The smallest absolute Gasteiger partial charge is 0.424 e. The quantitative estimate of drug-likeness (QED) is 0.0728. The molecule has 0 atom stereocenters. The van der Waals surface area contributed by atoms with Crippen molar-refractivity contribution in [1.29, 1.82) is 0 Å². The molecule has 0 radical (unpaired) electrons. The fourth-order valence-corrected chi connectivity index (χ4v) is 5.45. The Morgan fingerprint density at radius 3 is 1.55 bits per heavy atom. The number of oxazole rings is 2. The second-order valence-corrected chi connectivity index (χ2v) is 12.8. The molecular weight excluding hydrogens is 843 g/mol. The van der Waals surface area contributed by atoms with E-state index in [1.54, 1.807) is 42.7 Å². The van der Waals surface area contributed by atoms with Gasteiger partial charge in [0.25, 0.3) is 12.0 Å². The third kappa shape index (κ3) is 12.8. The van der Waals surface area contributed by atoms with Crippen LogP contribution in [0.15, 0.2) is 164 Å². The second kappa shape index (κ2) is 20.2. The first-order valence-electron chi connectivity index (χ1n) is 15.2. The van der Waals surface area contributed by atoms with Gasteiger partial charge in [0.05, 0.1) is 17.7 Å². The zero-order valence-electron chi connectivity index (χ0n) is 26.9. The highest BCUT2D eigenvalue weighted by molar-refractivity contribution is 9.10. The van der Waals surface area contributed by atoms with E-state index in [0.717, 1.165) is 31.2 Å². The van der Waals surface area contributed by atoms with Gasteiger partial charge in [0.15, 0.2) is 17.3 Å². The van der Waals surface area contributed by atoms with Crippen molar-refractivity contribution in [2.45, 2.75) is 0 Å². The molecule has 0 fully saturated rings. The molecule has 9 nitrogen and oxygen atoms in total.